The van der Waals surface area contributed by atoms with E-state index in [1.54, 1.807) is 24.5 Å². The van der Waals surface area contributed by atoms with E-state index >= 15 is 0 Å². The number of rotatable bonds is 2. The van der Waals surface area contributed by atoms with Crippen LogP contribution < -0.4 is 5.32 Å². The number of nitrogens with one attached hydrogen (secondary N) is 1. The summed E-state index contributed by atoms with van der Waals surface area (Å²) >= 11 is 0. The van der Waals surface area contributed by atoms with Crippen molar-refractivity contribution in [3.05, 3.63) is 24.5 Å². The summed E-state index contributed by atoms with van der Waals surface area (Å²) < 4.78 is 0. The average molecular weight is 248 g/mol. The molecule has 0 saturated carbocycles. The predicted octanol–water partition coefficient (Wildman–Crippen LogP) is 1.64. The van der Waals surface area contributed by atoms with Gasteiger partial charge in [0, 0.05) is 50.3 Å². The number of carbonyl (C=O) groups is 1. The number of hydrogen-bond donors (Lipinski definition) is 1. The van der Waals surface area contributed by atoms with Crippen LogP contribution in [0, 0.1) is 0 Å². The van der Waals surface area contributed by atoms with Gasteiger partial charge in [0.2, 0.25) is 0 Å². The van der Waals surface area contributed by atoms with Crippen molar-refractivity contribution in [2.45, 2.75) is 19.9 Å². The van der Waals surface area contributed by atoms with Crippen molar-refractivity contribution in [2.24, 2.45) is 0 Å². The lowest BCUT2D eigenvalue weighted by Gasteiger charge is -2.36. The molecule has 1 aliphatic heterocycles. The second-order valence-electron chi connectivity index (χ2n) is 4.78. The Balaban J connectivity index is 1.85. The topological polar surface area (TPSA) is 48.5 Å². The fraction of sp³-hybridized carbons (Fsp3) is 0.538. The first-order chi connectivity index (χ1) is 8.66. The quantitative estimate of drug-likeness (QED) is 0.865. The minimum Gasteiger partial charge on any atom is -0.322 e. The molecule has 0 spiro atoms. The molecular formula is C13H20N4O. The molecule has 0 aromatic carbocycles. The summed E-state index contributed by atoms with van der Waals surface area (Å²) in [4.78, 5) is 20.2. The van der Waals surface area contributed by atoms with Gasteiger partial charge in [-0.3, -0.25) is 9.88 Å². The van der Waals surface area contributed by atoms with E-state index in [1.165, 1.54) is 0 Å². The van der Waals surface area contributed by atoms with Crippen LogP contribution in [0.15, 0.2) is 24.5 Å². The number of piperazine rings is 1. The minimum absolute atomic E-state index is 0.0235. The van der Waals surface area contributed by atoms with Gasteiger partial charge in [0.15, 0.2) is 0 Å². The molecule has 1 aliphatic rings. The van der Waals surface area contributed by atoms with Crippen molar-refractivity contribution >= 4 is 11.7 Å². The monoisotopic (exact) mass is 248 g/mol. The zero-order chi connectivity index (χ0) is 13.0. The van der Waals surface area contributed by atoms with E-state index in [4.69, 9.17) is 0 Å². The maximum absolute atomic E-state index is 12.0. The van der Waals surface area contributed by atoms with Gasteiger partial charge >= 0.3 is 6.03 Å². The molecule has 5 heteroatoms. The molecule has 2 rings (SSSR count). The lowest BCUT2D eigenvalue weighted by atomic mass is 10.2. The van der Waals surface area contributed by atoms with Gasteiger partial charge in [0.25, 0.3) is 0 Å². The van der Waals surface area contributed by atoms with E-state index in [0.717, 1.165) is 31.9 Å². The Morgan fingerprint density at radius 2 is 1.83 bits per heavy atom. The number of pyridine rings is 1. The summed E-state index contributed by atoms with van der Waals surface area (Å²) in [6.07, 6.45) is 3.35. The van der Waals surface area contributed by atoms with E-state index in [9.17, 15) is 4.79 Å². The first-order valence-corrected chi connectivity index (χ1v) is 6.37. The van der Waals surface area contributed by atoms with Crippen LogP contribution in [0.5, 0.6) is 0 Å². The van der Waals surface area contributed by atoms with Gasteiger partial charge in [0.1, 0.15) is 0 Å². The van der Waals surface area contributed by atoms with Crippen LogP contribution in [0.2, 0.25) is 0 Å². The number of carbonyl (C=O) groups excluding carboxylic acids is 1. The molecule has 1 fully saturated rings. The number of urea groups is 1. The lowest BCUT2D eigenvalue weighted by Crippen LogP contribution is -2.51. The molecule has 2 amide bonds. The van der Waals surface area contributed by atoms with Crippen molar-refractivity contribution < 1.29 is 4.79 Å². The third-order valence-electron chi connectivity index (χ3n) is 3.26. The van der Waals surface area contributed by atoms with E-state index < -0.39 is 0 Å². The molecule has 5 nitrogen and oxygen atoms in total. The number of nitrogens with zero attached hydrogens (tertiary/aromatic N) is 3. The molecular weight excluding hydrogens is 228 g/mol. The summed E-state index contributed by atoms with van der Waals surface area (Å²) in [6.45, 7) is 7.84. The molecule has 0 unspecified atom stereocenters. The summed E-state index contributed by atoms with van der Waals surface area (Å²) in [5, 5.41) is 2.88. The highest BCUT2D eigenvalue weighted by Gasteiger charge is 2.22. The van der Waals surface area contributed by atoms with Crippen LogP contribution >= 0.6 is 0 Å². The molecule has 2 heterocycles. The van der Waals surface area contributed by atoms with Crippen LogP contribution in [-0.2, 0) is 0 Å². The molecule has 0 aliphatic carbocycles. The molecule has 0 atom stereocenters. The zero-order valence-electron chi connectivity index (χ0n) is 11.0. The van der Waals surface area contributed by atoms with Crippen LogP contribution in [-0.4, -0.2) is 53.0 Å². The van der Waals surface area contributed by atoms with Crippen molar-refractivity contribution in [3.63, 3.8) is 0 Å². The Labute approximate surface area is 108 Å². The van der Waals surface area contributed by atoms with Crippen molar-refractivity contribution in [3.8, 4) is 0 Å². The van der Waals surface area contributed by atoms with Crippen LogP contribution in [0.1, 0.15) is 13.8 Å². The van der Waals surface area contributed by atoms with E-state index in [-0.39, 0.29) is 6.03 Å². The number of aromatic nitrogens is 1. The SMILES string of the molecule is CC(C)N1CCN(C(=O)Nc2ccncc2)CC1. The molecule has 0 bridgehead atoms. The number of amides is 2. The van der Waals surface area contributed by atoms with Gasteiger partial charge in [0.05, 0.1) is 0 Å². The Morgan fingerprint density at radius 3 is 2.39 bits per heavy atom. The standard InChI is InChI=1S/C13H20N4O/c1-11(2)16-7-9-17(10-8-16)13(18)15-12-3-5-14-6-4-12/h3-6,11H,7-10H2,1-2H3,(H,14,15,18). The normalized spacial score (nSPS) is 16.9. The van der Waals surface area contributed by atoms with E-state index in [1.807, 2.05) is 4.90 Å². The minimum atomic E-state index is -0.0235. The highest BCUT2D eigenvalue weighted by Crippen LogP contribution is 2.09. The Kier molecular flexibility index (Phi) is 4.15. The van der Waals surface area contributed by atoms with Crippen LogP contribution in [0.4, 0.5) is 10.5 Å². The van der Waals surface area contributed by atoms with Gasteiger partial charge in [-0.2, -0.15) is 0 Å². The molecule has 0 radical (unpaired) electrons. The highest BCUT2D eigenvalue weighted by molar-refractivity contribution is 5.89. The summed E-state index contributed by atoms with van der Waals surface area (Å²) in [5.74, 6) is 0. The fourth-order valence-corrected chi connectivity index (χ4v) is 2.08. The van der Waals surface area contributed by atoms with Gasteiger partial charge in [-0.15, -0.1) is 0 Å². The fourth-order valence-electron chi connectivity index (χ4n) is 2.08. The Hall–Kier alpha value is -1.62. The number of anilines is 1. The molecule has 1 aromatic rings. The van der Waals surface area contributed by atoms with Gasteiger partial charge in [-0.1, -0.05) is 0 Å². The zero-order valence-corrected chi connectivity index (χ0v) is 11.0. The second kappa shape index (κ2) is 5.82. The third kappa shape index (κ3) is 3.20. The predicted molar refractivity (Wildman–Crippen MR) is 71.5 cm³/mol. The molecule has 1 N–H and O–H groups in total. The Morgan fingerprint density at radius 1 is 1.22 bits per heavy atom. The molecule has 18 heavy (non-hydrogen) atoms. The van der Waals surface area contributed by atoms with Crippen molar-refractivity contribution in [1.82, 2.24) is 14.8 Å². The highest BCUT2D eigenvalue weighted by atomic mass is 16.2. The van der Waals surface area contributed by atoms with Crippen molar-refractivity contribution in [1.29, 1.82) is 0 Å². The van der Waals surface area contributed by atoms with E-state index in [2.05, 4.69) is 29.0 Å². The third-order valence-corrected chi connectivity index (χ3v) is 3.26. The molecule has 98 valence electrons. The van der Waals surface area contributed by atoms with Crippen molar-refractivity contribution in [2.75, 3.05) is 31.5 Å². The van der Waals surface area contributed by atoms with E-state index in [0.29, 0.717) is 6.04 Å². The summed E-state index contributed by atoms with van der Waals surface area (Å²) in [6, 6.07) is 4.12. The maximum Gasteiger partial charge on any atom is 0.321 e. The smallest absolute Gasteiger partial charge is 0.321 e. The summed E-state index contributed by atoms with van der Waals surface area (Å²) in [5.41, 5.74) is 0.793. The number of hydrogen-bond acceptors (Lipinski definition) is 3. The maximum atomic E-state index is 12.0. The molecule has 1 saturated heterocycles. The lowest BCUT2D eigenvalue weighted by molar-refractivity contribution is 0.125. The summed E-state index contributed by atoms with van der Waals surface area (Å²) in [7, 11) is 0. The Bertz CT molecular complexity index is 385. The first kappa shape index (κ1) is 12.8. The molecule has 1 aromatic heterocycles. The first-order valence-electron chi connectivity index (χ1n) is 6.37. The average Bonchev–Trinajstić information content (AvgIpc) is 2.40. The van der Waals surface area contributed by atoms with Gasteiger partial charge < -0.3 is 10.2 Å². The van der Waals surface area contributed by atoms with Gasteiger partial charge in [-0.05, 0) is 26.0 Å². The van der Waals surface area contributed by atoms with Crippen LogP contribution in [0.3, 0.4) is 0 Å². The second-order valence-corrected chi connectivity index (χ2v) is 4.78. The van der Waals surface area contributed by atoms with Gasteiger partial charge in [-0.25, -0.2) is 4.79 Å². The largest absolute Gasteiger partial charge is 0.322 e. The van der Waals surface area contributed by atoms with Crippen LogP contribution in [0.25, 0.3) is 0 Å².